The van der Waals surface area contributed by atoms with Crippen molar-refractivity contribution >= 4 is 11.8 Å². The highest BCUT2D eigenvalue weighted by Crippen LogP contribution is 2.34. The largest absolute Gasteiger partial charge is 0.362 e. The van der Waals surface area contributed by atoms with Gasteiger partial charge in [-0.25, -0.2) is 0 Å². The van der Waals surface area contributed by atoms with Crippen LogP contribution in [0.3, 0.4) is 0 Å². The van der Waals surface area contributed by atoms with Gasteiger partial charge >= 0.3 is 0 Å². The summed E-state index contributed by atoms with van der Waals surface area (Å²) < 4.78 is 5.50. The quantitative estimate of drug-likeness (QED) is 0.633. The zero-order valence-electron chi connectivity index (χ0n) is 6.19. The van der Waals surface area contributed by atoms with Crippen molar-refractivity contribution in [3.05, 3.63) is 35.9 Å². The number of rotatable bonds is 1. The van der Waals surface area contributed by atoms with Crippen LogP contribution >= 0.6 is 11.8 Å². The third-order valence-corrected chi connectivity index (χ3v) is 2.81. The lowest BCUT2D eigenvalue weighted by Gasteiger charge is -2.07. The van der Waals surface area contributed by atoms with Gasteiger partial charge in [0.1, 0.15) is 5.44 Å². The second-order valence-corrected chi connectivity index (χ2v) is 3.65. The normalized spacial score (nSPS) is 23.8. The first-order valence-corrected chi connectivity index (χ1v) is 4.80. The smallest absolute Gasteiger partial charge is 0.128 e. The van der Waals surface area contributed by atoms with Crippen molar-refractivity contribution in [2.24, 2.45) is 0 Å². The molecule has 58 valence electrons. The minimum Gasteiger partial charge on any atom is -0.362 e. The Hall–Kier alpha value is -0.470. The van der Waals surface area contributed by atoms with Crippen molar-refractivity contribution < 1.29 is 4.74 Å². The Balaban J connectivity index is 2.16. The van der Waals surface area contributed by atoms with Crippen LogP contribution in [0.25, 0.3) is 0 Å². The van der Waals surface area contributed by atoms with Crippen molar-refractivity contribution in [1.82, 2.24) is 0 Å². The van der Waals surface area contributed by atoms with E-state index in [2.05, 4.69) is 24.3 Å². The molecule has 0 aromatic heterocycles. The van der Waals surface area contributed by atoms with Crippen LogP contribution in [0.15, 0.2) is 30.3 Å². The molecule has 0 unspecified atom stereocenters. The van der Waals surface area contributed by atoms with E-state index in [-0.39, 0.29) is 5.44 Å². The van der Waals surface area contributed by atoms with Gasteiger partial charge in [-0.2, -0.15) is 0 Å². The Morgan fingerprint density at radius 3 is 2.73 bits per heavy atom. The van der Waals surface area contributed by atoms with E-state index in [0.29, 0.717) is 0 Å². The summed E-state index contributed by atoms with van der Waals surface area (Å²) in [5, 5.41) is 0. The van der Waals surface area contributed by atoms with Gasteiger partial charge in [-0.05, 0) is 5.56 Å². The third-order valence-electron chi connectivity index (χ3n) is 1.69. The number of benzene rings is 1. The molecule has 1 nitrogen and oxygen atoms in total. The van der Waals surface area contributed by atoms with Crippen molar-refractivity contribution in [3.8, 4) is 0 Å². The van der Waals surface area contributed by atoms with Crippen LogP contribution in [0.4, 0.5) is 0 Å². The van der Waals surface area contributed by atoms with E-state index in [0.717, 1.165) is 12.4 Å². The second kappa shape index (κ2) is 3.28. The van der Waals surface area contributed by atoms with Gasteiger partial charge in [0.25, 0.3) is 0 Å². The molecule has 0 aliphatic carbocycles. The molecule has 2 rings (SSSR count). The van der Waals surface area contributed by atoms with E-state index in [1.54, 1.807) is 0 Å². The van der Waals surface area contributed by atoms with Crippen molar-refractivity contribution in [2.75, 3.05) is 12.4 Å². The zero-order valence-corrected chi connectivity index (χ0v) is 7.01. The summed E-state index contributed by atoms with van der Waals surface area (Å²) in [4.78, 5) is 0. The average Bonchev–Trinajstić information content (AvgIpc) is 2.58. The lowest BCUT2D eigenvalue weighted by atomic mass is 10.2. The van der Waals surface area contributed by atoms with Gasteiger partial charge in [0.2, 0.25) is 0 Å². The van der Waals surface area contributed by atoms with Crippen LogP contribution in [0.5, 0.6) is 0 Å². The maximum absolute atomic E-state index is 5.50. The van der Waals surface area contributed by atoms with E-state index in [4.69, 9.17) is 4.74 Å². The molecule has 0 N–H and O–H groups in total. The molecule has 1 heterocycles. The molecule has 11 heavy (non-hydrogen) atoms. The molecule has 1 aromatic rings. The fourth-order valence-electron chi connectivity index (χ4n) is 1.16. The number of hydrogen-bond acceptors (Lipinski definition) is 2. The Labute approximate surface area is 70.8 Å². The minimum absolute atomic E-state index is 0.288. The van der Waals surface area contributed by atoms with Crippen LogP contribution in [0.2, 0.25) is 0 Å². The highest BCUT2D eigenvalue weighted by atomic mass is 32.2. The fourth-order valence-corrected chi connectivity index (χ4v) is 2.11. The lowest BCUT2D eigenvalue weighted by molar-refractivity contribution is 0.145. The first-order valence-electron chi connectivity index (χ1n) is 3.75. The van der Waals surface area contributed by atoms with E-state index < -0.39 is 0 Å². The first-order chi connectivity index (χ1) is 5.47. The molecule has 1 saturated heterocycles. The molecular formula is C9H10OS. The summed E-state index contributed by atoms with van der Waals surface area (Å²) in [6.07, 6.45) is 0. The Kier molecular flexibility index (Phi) is 2.15. The zero-order chi connectivity index (χ0) is 7.52. The maximum atomic E-state index is 5.50. The molecule has 1 fully saturated rings. The number of hydrogen-bond donors (Lipinski definition) is 0. The van der Waals surface area contributed by atoms with Gasteiger partial charge in [-0.15, -0.1) is 11.8 Å². The molecule has 1 aliphatic heterocycles. The molecule has 1 aliphatic rings. The van der Waals surface area contributed by atoms with Crippen molar-refractivity contribution in [3.63, 3.8) is 0 Å². The predicted octanol–water partition coefficient (Wildman–Crippen LogP) is 2.45. The Morgan fingerprint density at radius 2 is 2.09 bits per heavy atom. The van der Waals surface area contributed by atoms with E-state index in [1.807, 2.05) is 17.8 Å². The second-order valence-electron chi connectivity index (χ2n) is 2.48. The van der Waals surface area contributed by atoms with Crippen molar-refractivity contribution in [1.29, 1.82) is 0 Å². The van der Waals surface area contributed by atoms with Gasteiger partial charge < -0.3 is 4.74 Å². The highest BCUT2D eigenvalue weighted by molar-refractivity contribution is 7.99. The molecular weight excluding hydrogens is 156 g/mol. The molecule has 0 spiro atoms. The Bertz CT molecular complexity index is 216. The summed E-state index contributed by atoms with van der Waals surface area (Å²) in [6.45, 7) is 0.893. The van der Waals surface area contributed by atoms with Gasteiger partial charge in [-0.3, -0.25) is 0 Å². The summed E-state index contributed by atoms with van der Waals surface area (Å²) in [7, 11) is 0. The van der Waals surface area contributed by atoms with Gasteiger partial charge in [0.15, 0.2) is 0 Å². The molecule has 0 saturated carbocycles. The third kappa shape index (κ3) is 1.57. The van der Waals surface area contributed by atoms with Gasteiger partial charge in [0, 0.05) is 5.75 Å². The van der Waals surface area contributed by atoms with Gasteiger partial charge in [0.05, 0.1) is 6.61 Å². The Morgan fingerprint density at radius 1 is 1.27 bits per heavy atom. The highest BCUT2D eigenvalue weighted by Gasteiger charge is 2.16. The van der Waals surface area contributed by atoms with E-state index in [9.17, 15) is 0 Å². The number of thioether (sulfide) groups is 1. The summed E-state index contributed by atoms with van der Waals surface area (Å²) in [5.41, 5.74) is 1.58. The average molecular weight is 166 g/mol. The van der Waals surface area contributed by atoms with Crippen LogP contribution in [-0.2, 0) is 4.74 Å². The van der Waals surface area contributed by atoms with Crippen LogP contribution < -0.4 is 0 Å². The van der Waals surface area contributed by atoms with Crippen molar-refractivity contribution in [2.45, 2.75) is 5.44 Å². The summed E-state index contributed by atoms with van der Waals surface area (Å²) >= 11 is 1.87. The van der Waals surface area contributed by atoms with Crippen LogP contribution in [0.1, 0.15) is 11.0 Å². The first kappa shape index (κ1) is 7.19. The minimum atomic E-state index is 0.288. The van der Waals surface area contributed by atoms with Crippen LogP contribution in [-0.4, -0.2) is 12.4 Å². The standard InChI is InChI=1S/C9H10OS/c1-2-4-8(5-3-1)9-10-6-7-11-9/h1-5,9H,6-7H2/t9-/m0/s1. The predicted molar refractivity (Wildman–Crippen MR) is 47.6 cm³/mol. The van der Waals surface area contributed by atoms with E-state index >= 15 is 0 Å². The monoisotopic (exact) mass is 166 g/mol. The molecule has 0 bridgehead atoms. The molecule has 0 radical (unpaired) electrons. The number of ether oxygens (including phenoxy) is 1. The summed E-state index contributed by atoms with van der Waals surface area (Å²) in [5.74, 6) is 1.12. The van der Waals surface area contributed by atoms with Gasteiger partial charge in [-0.1, -0.05) is 30.3 Å². The topological polar surface area (TPSA) is 9.23 Å². The van der Waals surface area contributed by atoms with Crippen LogP contribution in [0, 0.1) is 0 Å². The molecule has 1 aromatic carbocycles. The molecule has 0 amide bonds. The molecule has 1 atom stereocenters. The summed E-state index contributed by atoms with van der Waals surface area (Å²) in [6, 6.07) is 10.4. The lowest BCUT2D eigenvalue weighted by Crippen LogP contribution is -1.91. The SMILES string of the molecule is c1ccc([C@H]2OCCS2)cc1. The fraction of sp³-hybridized carbons (Fsp3) is 0.333. The maximum Gasteiger partial charge on any atom is 0.128 e. The van der Waals surface area contributed by atoms with E-state index in [1.165, 1.54) is 5.56 Å². The molecule has 2 heteroatoms.